The predicted molar refractivity (Wildman–Crippen MR) is 64.1 cm³/mol. The highest BCUT2D eigenvalue weighted by Gasteiger charge is 2.23. The van der Waals surface area contributed by atoms with Gasteiger partial charge in [0.1, 0.15) is 5.82 Å². The second-order valence-corrected chi connectivity index (χ2v) is 5.00. The highest BCUT2D eigenvalue weighted by Crippen LogP contribution is 2.34. The van der Waals surface area contributed by atoms with Crippen LogP contribution >= 0.6 is 0 Å². The summed E-state index contributed by atoms with van der Waals surface area (Å²) in [5, 5.41) is 8.93. The second-order valence-electron chi connectivity index (χ2n) is 5.00. The highest BCUT2D eigenvalue weighted by atomic mass is 16.4. The van der Waals surface area contributed by atoms with Crippen molar-refractivity contribution in [2.24, 2.45) is 5.92 Å². The van der Waals surface area contributed by atoms with Gasteiger partial charge in [-0.05, 0) is 25.7 Å². The van der Waals surface area contributed by atoms with Gasteiger partial charge in [-0.1, -0.05) is 19.8 Å². The molecular weight excluding hydrogens is 216 g/mol. The number of rotatable bonds is 2. The Bertz CT molecular complexity index is 431. The minimum atomic E-state index is -0.953. The molecule has 4 nitrogen and oxygen atoms in total. The van der Waals surface area contributed by atoms with Crippen molar-refractivity contribution in [2.75, 3.05) is 0 Å². The summed E-state index contributed by atoms with van der Waals surface area (Å²) in [7, 11) is 0. The maximum Gasteiger partial charge on any atom is 0.339 e. The van der Waals surface area contributed by atoms with Crippen LogP contribution in [0.3, 0.4) is 0 Å². The van der Waals surface area contributed by atoms with Crippen molar-refractivity contribution in [3.63, 3.8) is 0 Å². The molecule has 1 saturated carbocycles. The summed E-state index contributed by atoms with van der Waals surface area (Å²) in [6.45, 7) is 3.99. The molecule has 2 atom stereocenters. The fraction of sp³-hybridized carbons (Fsp3) is 0.615. The van der Waals surface area contributed by atoms with E-state index in [0.29, 0.717) is 11.6 Å². The van der Waals surface area contributed by atoms with Crippen molar-refractivity contribution in [3.05, 3.63) is 23.3 Å². The van der Waals surface area contributed by atoms with Gasteiger partial charge < -0.3 is 5.11 Å². The Kier molecular flexibility index (Phi) is 3.41. The third-order valence-corrected chi connectivity index (χ3v) is 3.53. The summed E-state index contributed by atoms with van der Waals surface area (Å²) in [5.74, 6) is 0.988. The van der Waals surface area contributed by atoms with Crippen molar-refractivity contribution in [3.8, 4) is 0 Å². The monoisotopic (exact) mass is 234 g/mol. The molecule has 92 valence electrons. The summed E-state index contributed by atoms with van der Waals surface area (Å²) in [6.07, 6.45) is 6.18. The number of carboxylic acids is 1. The van der Waals surface area contributed by atoms with Gasteiger partial charge in [-0.3, -0.25) is 0 Å². The van der Waals surface area contributed by atoms with Gasteiger partial charge in [0.25, 0.3) is 0 Å². The lowest BCUT2D eigenvalue weighted by Gasteiger charge is -2.25. The fourth-order valence-electron chi connectivity index (χ4n) is 2.56. The van der Waals surface area contributed by atoms with Gasteiger partial charge in [-0.15, -0.1) is 0 Å². The van der Waals surface area contributed by atoms with Crippen molar-refractivity contribution in [2.45, 2.75) is 45.4 Å². The fourth-order valence-corrected chi connectivity index (χ4v) is 2.56. The Hall–Kier alpha value is -1.45. The van der Waals surface area contributed by atoms with Crippen LogP contribution in [0.1, 0.15) is 60.4 Å². The highest BCUT2D eigenvalue weighted by molar-refractivity contribution is 5.88. The minimum absolute atomic E-state index is 0.206. The Labute approximate surface area is 101 Å². The first-order chi connectivity index (χ1) is 8.08. The van der Waals surface area contributed by atoms with Gasteiger partial charge in [0.05, 0.1) is 11.3 Å². The summed E-state index contributed by atoms with van der Waals surface area (Å²) < 4.78 is 0. The standard InChI is InChI=1S/C13H18N2O2/c1-8-4-3-5-10(6-8)12-14-7-11(13(16)17)9(2)15-12/h7-8,10H,3-6H2,1-2H3,(H,16,17). The van der Waals surface area contributed by atoms with E-state index < -0.39 is 5.97 Å². The Morgan fingerprint density at radius 2 is 2.24 bits per heavy atom. The van der Waals surface area contributed by atoms with Crippen LogP contribution in [-0.4, -0.2) is 21.0 Å². The van der Waals surface area contributed by atoms with Gasteiger partial charge in [0.2, 0.25) is 0 Å². The van der Waals surface area contributed by atoms with Crippen LogP contribution in [0.4, 0.5) is 0 Å². The van der Waals surface area contributed by atoms with E-state index in [4.69, 9.17) is 5.11 Å². The van der Waals surface area contributed by atoms with Gasteiger partial charge in [-0.25, -0.2) is 14.8 Å². The summed E-state index contributed by atoms with van der Waals surface area (Å²) in [5.41, 5.74) is 0.776. The van der Waals surface area contributed by atoms with Crippen LogP contribution < -0.4 is 0 Å². The lowest BCUT2D eigenvalue weighted by atomic mass is 9.82. The molecular formula is C13H18N2O2. The van der Waals surface area contributed by atoms with Crippen molar-refractivity contribution in [1.29, 1.82) is 0 Å². The maximum atomic E-state index is 10.9. The Morgan fingerprint density at radius 3 is 2.82 bits per heavy atom. The van der Waals surface area contributed by atoms with E-state index >= 15 is 0 Å². The maximum absolute atomic E-state index is 10.9. The van der Waals surface area contributed by atoms with Gasteiger partial charge in [0.15, 0.2) is 0 Å². The molecule has 1 fully saturated rings. The van der Waals surface area contributed by atoms with E-state index in [1.165, 1.54) is 19.0 Å². The zero-order valence-electron chi connectivity index (χ0n) is 10.3. The first kappa shape index (κ1) is 12.0. The average molecular weight is 234 g/mol. The molecule has 2 rings (SSSR count). The molecule has 0 aliphatic heterocycles. The smallest absolute Gasteiger partial charge is 0.339 e. The molecule has 1 heterocycles. The number of aromatic nitrogens is 2. The Morgan fingerprint density at radius 1 is 1.47 bits per heavy atom. The molecule has 0 spiro atoms. The summed E-state index contributed by atoms with van der Waals surface area (Å²) in [6, 6.07) is 0. The third kappa shape index (κ3) is 2.62. The third-order valence-electron chi connectivity index (χ3n) is 3.53. The number of hydrogen-bond donors (Lipinski definition) is 1. The van der Waals surface area contributed by atoms with Crippen molar-refractivity contribution >= 4 is 5.97 Å². The molecule has 0 bridgehead atoms. The molecule has 1 aliphatic carbocycles. The van der Waals surface area contributed by atoms with Crippen LogP contribution in [0.2, 0.25) is 0 Å². The second kappa shape index (κ2) is 4.82. The summed E-state index contributed by atoms with van der Waals surface area (Å²) in [4.78, 5) is 19.5. The van der Waals surface area contributed by atoms with Gasteiger partial charge in [-0.2, -0.15) is 0 Å². The molecule has 0 amide bonds. The largest absolute Gasteiger partial charge is 0.478 e. The number of carbonyl (C=O) groups is 1. The molecule has 17 heavy (non-hydrogen) atoms. The molecule has 4 heteroatoms. The van der Waals surface area contributed by atoms with Crippen molar-refractivity contribution in [1.82, 2.24) is 9.97 Å². The molecule has 1 N–H and O–H groups in total. The lowest BCUT2D eigenvalue weighted by molar-refractivity contribution is 0.0695. The van der Waals surface area contributed by atoms with Crippen LogP contribution in [0.5, 0.6) is 0 Å². The molecule has 1 aliphatic rings. The van der Waals surface area contributed by atoms with E-state index in [1.54, 1.807) is 6.92 Å². The van der Waals surface area contributed by atoms with Gasteiger partial charge >= 0.3 is 5.97 Å². The van der Waals surface area contributed by atoms with Crippen molar-refractivity contribution < 1.29 is 9.90 Å². The van der Waals surface area contributed by atoms with Crippen LogP contribution in [-0.2, 0) is 0 Å². The van der Waals surface area contributed by atoms with Crippen LogP contribution in [0.25, 0.3) is 0 Å². The van der Waals surface area contributed by atoms with E-state index in [9.17, 15) is 4.79 Å². The average Bonchev–Trinajstić information content (AvgIpc) is 2.28. The number of nitrogens with zero attached hydrogens (tertiary/aromatic N) is 2. The molecule has 2 unspecified atom stereocenters. The van der Waals surface area contributed by atoms with E-state index in [-0.39, 0.29) is 5.56 Å². The molecule has 0 saturated heterocycles. The van der Waals surface area contributed by atoms with E-state index in [0.717, 1.165) is 24.6 Å². The molecule has 0 radical (unpaired) electrons. The number of aryl methyl sites for hydroxylation is 1. The molecule has 0 aromatic carbocycles. The lowest BCUT2D eigenvalue weighted by Crippen LogP contribution is -2.16. The Balaban J connectivity index is 2.22. The van der Waals surface area contributed by atoms with Gasteiger partial charge in [0, 0.05) is 12.1 Å². The van der Waals surface area contributed by atoms with E-state index in [1.807, 2.05) is 0 Å². The first-order valence-corrected chi connectivity index (χ1v) is 6.14. The van der Waals surface area contributed by atoms with E-state index in [2.05, 4.69) is 16.9 Å². The molecule has 1 aromatic heterocycles. The van der Waals surface area contributed by atoms with Crippen LogP contribution in [0, 0.1) is 12.8 Å². The van der Waals surface area contributed by atoms with Crippen LogP contribution in [0.15, 0.2) is 6.20 Å². The first-order valence-electron chi connectivity index (χ1n) is 6.14. The predicted octanol–water partition coefficient (Wildman–Crippen LogP) is 2.78. The zero-order chi connectivity index (χ0) is 12.4. The quantitative estimate of drug-likeness (QED) is 0.854. The number of aromatic carboxylic acids is 1. The molecule has 1 aromatic rings. The zero-order valence-corrected chi connectivity index (χ0v) is 10.3. The number of carboxylic acid groups (broad SMARTS) is 1. The normalized spacial score (nSPS) is 24.6. The summed E-state index contributed by atoms with van der Waals surface area (Å²) >= 11 is 0. The minimum Gasteiger partial charge on any atom is -0.478 e. The number of hydrogen-bond acceptors (Lipinski definition) is 3. The SMILES string of the molecule is Cc1nc(C2CCCC(C)C2)ncc1C(=O)O. The topological polar surface area (TPSA) is 63.1 Å².